The van der Waals surface area contributed by atoms with Gasteiger partial charge >= 0.3 is 5.97 Å². The molecule has 2 aromatic carbocycles. The first-order valence-corrected chi connectivity index (χ1v) is 13.0. The standard InChI is InChI=1S/C26H25FN2O5.CH4S/c27-21-11-5-10-16-15(21)12-13-28(23(30)19-8-3-4-9-20(19)26(33)34)22(16)14-29-24(31)17-6-1-2-7-18(17)25(29)32;1-2/h1-2,5-7,10-11,19-20,22H,3-4,8-9,12-14H2,(H,33,34);2H,1H3. The number of carboxylic acid groups (broad SMARTS) is 1. The summed E-state index contributed by atoms with van der Waals surface area (Å²) >= 11 is 3.53. The molecule has 0 radical (unpaired) electrons. The Labute approximate surface area is 214 Å². The number of rotatable bonds is 4. The van der Waals surface area contributed by atoms with Crippen molar-refractivity contribution in [1.29, 1.82) is 0 Å². The van der Waals surface area contributed by atoms with Crippen molar-refractivity contribution in [2.24, 2.45) is 11.8 Å². The molecule has 0 saturated heterocycles. The van der Waals surface area contributed by atoms with Crippen molar-refractivity contribution in [3.63, 3.8) is 0 Å². The average Bonchev–Trinajstić information content (AvgIpc) is 3.15. The summed E-state index contributed by atoms with van der Waals surface area (Å²) in [4.78, 5) is 54.3. The first kappa shape index (κ1) is 25.9. The van der Waals surface area contributed by atoms with E-state index in [1.165, 1.54) is 6.07 Å². The minimum absolute atomic E-state index is 0.112. The Hall–Kier alpha value is -3.20. The molecule has 2 aliphatic heterocycles. The van der Waals surface area contributed by atoms with Crippen LogP contribution in [0.4, 0.5) is 4.39 Å². The predicted octanol–water partition coefficient (Wildman–Crippen LogP) is 3.98. The fourth-order valence-corrected chi connectivity index (χ4v) is 5.68. The maximum atomic E-state index is 14.6. The number of benzene rings is 2. The number of imide groups is 1. The molecular weight excluding hydrogens is 483 g/mol. The van der Waals surface area contributed by atoms with E-state index >= 15 is 0 Å². The molecule has 2 heterocycles. The van der Waals surface area contributed by atoms with Crippen molar-refractivity contribution in [3.05, 3.63) is 70.5 Å². The highest BCUT2D eigenvalue weighted by molar-refractivity contribution is 7.79. The lowest BCUT2D eigenvalue weighted by molar-refractivity contribution is -0.153. The molecule has 0 bridgehead atoms. The van der Waals surface area contributed by atoms with Crippen LogP contribution in [0.3, 0.4) is 0 Å². The number of aliphatic carboxylic acids is 1. The molecule has 0 aromatic heterocycles. The van der Waals surface area contributed by atoms with Crippen LogP contribution in [-0.2, 0) is 16.0 Å². The summed E-state index contributed by atoms with van der Waals surface area (Å²) in [5, 5.41) is 9.70. The number of carbonyl (C=O) groups excluding carboxylic acids is 3. The molecule has 9 heteroatoms. The summed E-state index contributed by atoms with van der Waals surface area (Å²) in [7, 11) is 0. The molecule has 5 rings (SSSR count). The van der Waals surface area contributed by atoms with Crippen molar-refractivity contribution in [2.45, 2.75) is 38.1 Å². The number of halogens is 1. The molecule has 2 aromatic rings. The van der Waals surface area contributed by atoms with Crippen molar-refractivity contribution in [3.8, 4) is 0 Å². The molecule has 7 nitrogen and oxygen atoms in total. The van der Waals surface area contributed by atoms with E-state index in [2.05, 4.69) is 12.6 Å². The largest absolute Gasteiger partial charge is 0.481 e. The zero-order valence-corrected chi connectivity index (χ0v) is 20.9. The van der Waals surface area contributed by atoms with E-state index in [0.29, 0.717) is 35.1 Å². The monoisotopic (exact) mass is 512 g/mol. The second-order valence-electron chi connectivity index (χ2n) is 9.21. The van der Waals surface area contributed by atoms with E-state index in [-0.39, 0.29) is 25.4 Å². The summed E-state index contributed by atoms with van der Waals surface area (Å²) in [6.45, 7) is 0.0858. The smallest absolute Gasteiger partial charge is 0.307 e. The normalized spacial score (nSPS) is 22.9. The number of hydrogen-bond acceptors (Lipinski definition) is 5. The maximum Gasteiger partial charge on any atom is 0.307 e. The van der Waals surface area contributed by atoms with Gasteiger partial charge in [0.05, 0.1) is 35.5 Å². The van der Waals surface area contributed by atoms with Gasteiger partial charge in [-0.25, -0.2) is 4.39 Å². The number of fused-ring (bicyclic) bond motifs is 2. The molecule has 3 unspecified atom stereocenters. The Balaban J connectivity index is 0.00000148. The lowest BCUT2D eigenvalue weighted by Gasteiger charge is -2.42. The third-order valence-electron chi connectivity index (χ3n) is 7.41. The Morgan fingerprint density at radius 3 is 2.19 bits per heavy atom. The van der Waals surface area contributed by atoms with Gasteiger partial charge in [0.15, 0.2) is 0 Å². The van der Waals surface area contributed by atoms with Gasteiger partial charge in [-0.15, -0.1) is 0 Å². The fraction of sp³-hybridized carbons (Fsp3) is 0.407. The van der Waals surface area contributed by atoms with Crippen LogP contribution in [0.1, 0.15) is 63.6 Å². The summed E-state index contributed by atoms with van der Waals surface area (Å²) < 4.78 is 14.6. The van der Waals surface area contributed by atoms with Gasteiger partial charge in [-0.05, 0) is 54.8 Å². The molecule has 0 spiro atoms. The van der Waals surface area contributed by atoms with Crippen LogP contribution in [-0.4, -0.2) is 57.9 Å². The number of thiol groups is 1. The molecule has 3 aliphatic rings. The zero-order chi connectivity index (χ0) is 26.0. The SMILES string of the molecule is CS.O=C(O)C1CCCCC1C(=O)N1CCc2c(F)cccc2C1CN1C(=O)c2ccccc2C1=O. The number of nitrogens with zero attached hydrogens (tertiary/aromatic N) is 2. The summed E-state index contributed by atoms with van der Waals surface area (Å²) in [5.41, 5.74) is 1.63. The Morgan fingerprint density at radius 2 is 1.58 bits per heavy atom. The summed E-state index contributed by atoms with van der Waals surface area (Å²) in [6, 6.07) is 10.4. The summed E-state index contributed by atoms with van der Waals surface area (Å²) in [6.07, 6.45) is 4.42. The third-order valence-corrected chi connectivity index (χ3v) is 7.41. The molecule has 1 aliphatic carbocycles. The Morgan fingerprint density at radius 1 is 0.972 bits per heavy atom. The van der Waals surface area contributed by atoms with Crippen molar-refractivity contribution < 1.29 is 28.7 Å². The molecule has 36 heavy (non-hydrogen) atoms. The number of hydrogen-bond donors (Lipinski definition) is 2. The molecule has 3 atom stereocenters. The van der Waals surface area contributed by atoms with Gasteiger partial charge in [0, 0.05) is 6.54 Å². The lowest BCUT2D eigenvalue weighted by Crippen LogP contribution is -2.50. The molecule has 3 amide bonds. The van der Waals surface area contributed by atoms with Crippen LogP contribution in [0.5, 0.6) is 0 Å². The third kappa shape index (κ3) is 4.52. The second-order valence-corrected chi connectivity index (χ2v) is 9.21. The van der Waals surface area contributed by atoms with E-state index in [0.717, 1.165) is 17.7 Å². The van der Waals surface area contributed by atoms with Crippen molar-refractivity contribution in [2.75, 3.05) is 19.3 Å². The van der Waals surface area contributed by atoms with Gasteiger partial charge in [-0.2, -0.15) is 12.6 Å². The Kier molecular flexibility index (Phi) is 7.78. The quantitative estimate of drug-likeness (QED) is 0.477. The van der Waals surface area contributed by atoms with Gasteiger partial charge in [0.1, 0.15) is 5.82 Å². The summed E-state index contributed by atoms with van der Waals surface area (Å²) in [5.74, 6) is -4.02. The van der Waals surface area contributed by atoms with Crippen LogP contribution >= 0.6 is 12.6 Å². The lowest BCUT2D eigenvalue weighted by atomic mass is 9.77. The number of carbonyl (C=O) groups is 4. The van der Waals surface area contributed by atoms with Crippen LogP contribution in [0, 0.1) is 17.7 Å². The van der Waals surface area contributed by atoms with E-state index in [1.54, 1.807) is 47.6 Å². The highest BCUT2D eigenvalue weighted by Crippen LogP contribution is 2.38. The van der Waals surface area contributed by atoms with E-state index in [4.69, 9.17) is 0 Å². The van der Waals surface area contributed by atoms with Crippen molar-refractivity contribution in [1.82, 2.24) is 9.80 Å². The molecule has 1 saturated carbocycles. The molecule has 1 N–H and O–H groups in total. The molecule has 190 valence electrons. The number of amides is 3. The van der Waals surface area contributed by atoms with Crippen LogP contribution in [0.25, 0.3) is 0 Å². The van der Waals surface area contributed by atoms with Gasteiger partial charge in [0.2, 0.25) is 5.91 Å². The minimum atomic E-state index is -0.988. The van der Waals surface area contributed by atoms with E-state index < -0.39 is 41.5 Å². The van der Waals surface area contributed by atoms with Crippen LogP contribution in [0.2, 0.25) is 0 Å². The fourth-order valence-electron chi connectivity index (χ4n) is 5.68. The van der Waals surface area contributed by atoms with Gasteiger partial charge < -0.3 is 10.0 Å². The first-order valence-electron chi connectivity index (χ1n) is 12.1. The minimum Gasteiger partial charge on any atom is -0.481 e. The number of carboxylic acids is 1. The topological polar surface area (TPSA) is 95.0 Å². The van der Waals surface area contributed by atoms with Gasteiger partial charge in [-0.1, -0.05) is 37.1 Å². The van der Waals surface area contributed by atoms with Gasteiger partial charge in [0.25, 0.3) is 11.8 Å². The van der Waals surface area contributed by atoms with Crippen LogP contribution < -0.4 is 0 Å². The molecule has 1 fully saturated rings. The highest BCUT2D eigenvalue weighted by Gasteiger charge is 2.44. The predicted molar refractivity (Wildman–Crippen MR) is 134 cm³/mol. The van der Waals surface area contributed by atoms with E-state index in [1.807, 2.05) is 0 Å². The highest BCUT2D eigenvalue weighted by atomic mass is 32.1. The van der Waals surface area contributed by atoms with Gasteiger partial charge in [-0.3, -0.25) is 24.1 Å². The first-order chi connectivity index (χ1) is 17.4. The maximum absolute atomic E-state index is 14.6. The van der Waals surface area contributed by atoms with Crippen LogP contribution in [0.15, 0.2) is 42.5 Å². The molecular formula is C27H29FN2O5S. The zero-order valence-electron chi connectivity index (χ0n) is 20.0. The van der Waals surface area contributed by atoms with Crippen molar-refractivity contribution >= 4 is 36.3 Å². The second kappa shape index (κ2) is 10.8. The average molecular weight is 513 g/mol. The van der Waals surface area contributed by atoms with E-state index in [9.17, 15) is 28.7 Å². The Bertz CT molecular complexity index is 1170.